The maximum absolute atomic E-state index is 12.1. The predicted molar refractivity (Wildman–Crippen MR) is 71.9 cm³/mol. The molecule has 0 radical (unpaired) electrons. The van der Waals surface area contributed by atoms with Gasteiger partial charge >= 0.3 is 0 Å². The maximum atomic E-state index is 12.1. The lowest BCUT2D eigenvalue weighted by molar-refractivity contribution is -0.133. The zero-order valence-electron chi connectivity index (χ0n) is 11.6. The molecule has 0 aromatic rings. The Morgan fingerprint density at radius 1 is 1.39 bits per heavy atom. The average molecular weight is 276 g/mol. The van der Waals surface area contributed by atoms with Crippen LogP contribution in [0.25, 0.3) is 0 Å². The molecule has 0 unspecified atom stereocenters. The molecule has 1 aliphatic heterocycles. The normalized spacial score (nSPS) is 24.0. The van der Waals surface area contributed by atoms with Gasteiger partial charge in [0.1, 0.15) is 0 Å². The minimum Gasteiger partial charge on any atom is -0.339 e. The van der Waals surface area contributed by atoms with Gasteiger partial charge in [0.05, 0.1) is 16.5 Å². The molecule has 1 atom stereocenters. The molecule has 0 bridgehead atoms. The third kappa shape index (κ3) is 3.23. The summed E-state index contributed by atoms with van der Waals surface area (Å²) in [4.78, 5) is 13.7. The van der Waals surface area contributed by atoms with Crippen molar-refractivity contribution in [1.29, 1.82) is 0 Å². The zero-order chi connectivity index (χ0) is 14.1. The molecule has 1 saturated heterocycles. The Morgan fingerprint density at radius 2 is 1.94 bits per heavy atom. The Hall–Kier alpha value is -0.620. The fourth-order valence-electron chi connectivity index (χ4n) is 2.18. The van der Waals surface area contributed by atoms with Crippen molar-refractivity contribution < 1.29 is 13.2 Å². The number of nitrogens with two attached hydrogens (primary N) is 1. The molecule has 0 aromatic carbocycles. The molecule has 0 saturated carbocycles. The summed E-state index contributed by atoms with van der Waals surface area (Å²) >= 11 is 0. The van der Waals surface area contributed by atoms with Gasteiger partial charge in [-0.1, -0.05) is 13.8 Å². The summed E-state index contributed by atoms with van der Waals surface area (Å²) in [6.07, 6.45) is 0.627. The molecular formula is C12H24N2O3S. The number of carbonyl (C=O) groups is 1. The molecule has 0 aromatic heterocycles. The first-order valence-corrected chi connectivity index (χ1v) is 7.99. The van der Waals surface area contributed by atoms with Gasteiger partial charge < -0.3 is 10.6 Å². The highest BCUT2D eigenvalue weighted by Gasteiger charge is 2.42. The van der Waals surface area contributed by atoms with E-state index in [9.17, 15) is 13.2 Å². The summed E-state index contributed by atoms with van der Waals surface area (Å²) in [6, 6.07) is -0.526. The van der Waals surface area contributed by atoms with Crippen LogP contribution in [0.15, 0.2) is 0 Å². The Morgan fingerprint density at radius 3 is 2.39 bits per heavy atom. The zero-order valence-corrected chi connectivity index (χ0v) is 12.5. The Kier molecular flexibility index (Phi) is 4.43. The van der Waals surface area contributed by atoms with Crippen molar-refractivity contribution in [2.75, 3.05) is 18.8 Å². The SMILES string of the molecule is CC(C)C[C@H](N)C(=O)N1CCS(=O)(=O)C(C)(C)C1. The summed E-state index contributed by atoms with van der Waals surface area (Å²) in [6.45, 7) is 7.84. The minimum absolute atomic E-state index is 0.0279. The lowest BCUT2D eigenvalue weighted by Gasteiger charge is -2.38. The van der Waals surface area contributed by atoms with E-state index in [-0.39, 0.29) is 24.7 Å². The van der Waals surface area contributed by atoms with Crippen molar-refractivity contribution in [3.05, 3.63) is 0 Å². The maximum Gasteiger partial charge on any atom is 0.239 e. The topological polar surface area (TPSA) is 80.5 Å². The molecule has 5 nitrogen and oxygen atoms in total. The average Bonchev–Trinajstić information content (AvgIpc) is 2.20. The highest BCUT2D eigenvalue weighted by Crippen LogP contribution is 2.24. The number of sulfone groups is 1. The van der Waals surface area contributed by atoms with E-state index in [2.05, 4.69) is 0 Å². The van der Waals surface area contributed by atoms with Gasteiger partial charge in [-0.2, -0.15) is 0 Å². The van der Waals surface area contributed by atoms with E-state index in [1.54, 1.807) is 18.7 Å². The molecule has 6 heteroatoms. The van der Waals surface area contributed by atoms with Crippen molar-refractivity contribution in [3.8, 4) is 0 Å². The predicted octanol–water partition coefficient (Wildman–Crippen LogP) is 0.395. The number of hydrogen-bond donors (Lipinski definition) is 1. The molecule has 18 heavy (non-hydrogen) atoms. The van der Waals surface area contributed by atoms with Crippen LogP contribution in [0.4, 0.5) is 0 Å². The summed E-state index contributed by atoms with van der Waals surface area (Å²) in [5.41, 5.74) is 5.86. The number of nitrogens with zero attached hydrogens (tertiary/aromatic N) is 1. The summed E-state index contributed by atoms with van der Waals surface area (Å²) < 4.78 is 22.8. The second kappa shape index (κ2) is 5.17. The van der Waals surface area contributed by atoms with Gasteiger partial charge in [0.25, 0.3) is 0 Å². The molecule has 2 N–H and O–H groups in total. The smallest absolute Gasteiger partial charge is 0.239 e. The first-order valence-electron chi connectivity index (χ1n) is 6.33. The van der Waals surface area contributed by atoms with Crippen LogP contribution in [-0.2, 0) is 14.6 Å². The van der Waals surface area contributed by atoms with Crippen LogP contribution in [0.5, 0.6) is 0 Å². The van der Waals surface area contributed by atoms with Crippen LogP contribution in [0.3, 0.4) is 0 Å². The van der Waals surface area contributed by atoms with Crippen molar-refractivity contribution in [1.82, 2.24) is 4.90 Å². The lowest BCUT2D eigenvalue weighted by Crippen LogP contribution is -2.57. The molecule has 1 rings (SSSR count). The van der Waals surface area contributed by atoms with E-state index in [0.717, 1.165) is 0 Å². The van der Waals surface area contributed by atoms with Gasteiger partial charge in [0.2, 0.25) is 5.91 Å². The molecule has 1 amide bonds. The van der Waals surface area contributed by atoms with Gasteiger partial charge in [-0.05, 0) is 26.2 Å². The second-order valence-corrected chi connectivity index (χ2v) is 8.82. The minimum atomic E-state index is -3.11. The highest BCUT2D eigenvalue weighted by molar-refractivity contribution is 7.92. The summed E-state index contributed by atoms with van der Waals surface area (Å²) in [5.74, 6) is 0.248. The van der Waals surface area contributed by atoms with E-state index in [1.165, 1.54) is 0 Å². The van der Waals surface area contributed by atoms with E-state index in [4.69, 9.17) is 5.73 Å². The third-order valence-corrected chi connectivity index (χ3v) is 5.93. The van der Waals surface area contributed by atoms with Crippen LogP contribution >= 0.6 is 0 Å². The first kappa shape index (κ1) is 15.4. The van der Waals surface area contributed by atoms with Gasteiger partial charge in [-0.25, -0.2) is 8.42 Å². The van der Waals surface area contributed by atoms with Crippen molar-refractivity contribution in [2.24, 2.45) is 11.7 Å². The lowest BCUT2D eigenvalue weighted by atomic mass is 10.0. The van der Waals surface area contributed by atoms with Gasteiger partial charge in [0.15, 0.2) is 9.84 Å². The largest absolute Gasteiger partial charge is 0.339 e. The van der Waals surface area contributed by atoms with Gasteiger partial charge in [-0.3, -0.25) is 4.79 Å². The Bertz CT molecular complexity index is 415. The van der Waals surface area contributed by atoms with E-state index < -0.39 is 20.6 Å². The fraction of sp³-hybridized carbons (Fsp3) is 0.917. The summed E-state index contributed by atoms with van der Waals surface area (Å²) in [7, 11) is -3.11. The van der Waals surface area contributed by atoms with E-state index >= 15 is 0 Å². The van der Waals surface area contributed by atoms with E-state index in [0.29, 0.717) is 12.3 Å². The van der Waals surface area contributed by atoms with Crippen molar-refractivity contribution in [2.45, 2.75) is 44.9 Å². The summed E-state index contributed by atoms with van der Waals surface area (Å²) in [5, 5.41) is 0. The van der Waals surface area contributed by atoms with Gasteiger partial charge in [-0.15, -0.1) is 0 Å². The van der Waals surface area contributed by atoms with Crippen LogP contribution in [0.2, 0.25) is 0 Å². The molecule has 1 fully saturated rings. The van der Waals surface area contributed by atoms with Crippen LogP contribution in [0, 0.1) is 5.92 Å². The van der Waals surface area contributed by atoms with Crippen LogP contribution < -0.4 is 5.73 Å². The highest BCUT2D eigenvalue weighted by atomic mass is 32.2. The molecule has 0 spiro atoms. The standard InChI is InChI=1S/C12H24N2O3S/c1-9(2)7-10(13)11(15)14-5-6-18(16,17)12(3,4)8-14/h9-10H,5-8,13H2,1-4H3/t10-/m0/s1. The number of carbonyl (C=O) groups excluding carboxylic acids is 1. The Balaban J connectivity index is 2.74. The molecule has 1 heterocycles. The molecule has 106 valence electrons. The number of rotatable bonds is 3. The van der Waals surface area contributed by atoms with Crippen molar-refractivity contribution in [3.63, 3.8) is 0 Å². The van der Waals surface area contributed by atoms with E-state index in [1.807, 2.05) is 13.8 Å². The van der Waals surface area contributed by atoms with Crippen LogP contribution in [0.1, 0.15) is 34.1 Å². The quantitative estimate of drug-likeness (QED) is 0.809. The van der Waals surface area contributed by atoms with Crippen molar-refractivity contribution >= 4 is 15.7 Å². The first-order chi connectivity index (χ1) is 8.07. The van der Waals surface area contributed by atoms with Gasteiger partial charge in [0, 0.05) is 13.1 Å². The second-order valence-electron chi connectivity index (χ2n) is 6.07. The monoisotopic (exact) mass is 276 g/mol. The molecular weight excluding hydrogens is 252 g/mol. The molecule has 1 aliphatic rings. The fourth-order valence-corrected chi connectivity index (χ4v) is 3.54. The van der Waals surface area contributed by atoms with Crippen LogP contribution in [-0.4, -0.2) is 48.9 Å². The number of hydrogen-bond acceptors (Lipinski definition) is 4. The third-order valence-electron chi connectivity index (χ3n) is 3.40. The molecule has 0 aliphatic carbocycles. The Labute approximate surface area is 110 Å². The number of amides is 1.